The fourth-order valence-electron chi connectivity index (χ4n) is 5.17. The molecule has 2 heterocycles. The van der Waals surface area contributed by atoms with Crippen LogP contribution in [0, 0.1) is 11.8 Å². The summed E-state index contributed by atoms with van der Waals surface area (Å²) >= 11 is 0. The fraction of sp³-hybridized carbons (Fsp3) is 0.538. The minimum atomic E-state index is -1.71. The molecule has 0 bridgehead atoms. The zero-order valence-electron chi connectivity index (χ0n) is 20.9. The van der Waals surface area contributed by atoms with Gasteiger partial charge in [0.1, 0.15) is 24.1 Å². The first-order valence-corrected chi connectivity index (χ1v) is 12.2. The van der Waals surface area contributed by atoms with E-state index >= 15 is 0 Å². The highest BCUT2D eigenvalue weighted by atomic mass is 16.8. The molecule has 1 saturated carbocycles. The van der Waals surface area contributed by atoms with E-state index in [9.17, 15) is 35.1 Å². The minimum Gasteiger partial charge on any atom is -0.508 e. The number of aliphatic hydroxyl groups excluding tert-OH is 3. The van der Waals surface area contributed by atoms with E-state index in [0.717, 1.165) is 6.08 Å². The van der Waals surface area contributed by atoms with Gasteiger partial charge in [-0.3, -0.25) is 0 Å². The van der Waals surface area contributed by atoms with Crippen molar-refractivity contribution in [3.8, 4) is 5.75 Å². The van der Waals surface area contributed by atoms with E-state index in [-0.39, 0.29) is 11.3 Å². The van der Waals surface area contributed by atoms with Crippen LogP contribution in [0.25, 0.3) is 6.08 Å². The molecule has 9 atom stereocenters. The van der Waals surface area contributed by atoms with Crippen LogP contribution in [0.4, 0.5) is 0 Å². The van der Waals surface area contributed by atoms with Gasteiger partial charge in [0.2, 0.25) is 6.29 Å². The average Bonchev–Trinajstić information content (AvgIpc) is 3.23. The van der Waals surface area contributed by atoms with Gasteiger partial charge < -0.3 is 49.2 Å². The van der Waals surface area contributed by atoms with Gasteiger partial charge in [0.15, 0.2) is 12.4 Å². The largest absolute Gasteiger partial charge is 0.508 e. The summed E-state index contributed by atoms with van der Waals surface area (Å²) in [5, 5.41) is 51.6. The van der Waals surface area contributed by atoms with Crippen molar-refractivity contribution in [3.05, 3.63) is 47.7 Å². The lowest BCUT2D eigenvalue weighted by atomic mass is 9.81. The zero-order valence-corrected chi connectivity index (χ0v) is 20.9. The lowest BCUT2D eigenvalue weighted by Crippen LogP contribution is -2.61. The van der Waals surface area contributed by atoms with E-state index in [1.54, 1.807) is 19.1 Å². The van der Waals surface area contributed by atoms with Gasteiger partial charge in [-0.05, 0) is 43.5 Å². The number of aliphatic hydroxyl groups is 4. The number of hydrogen-bond donors (Lipinski definition) is 5. The summed E-state index contributed by atoms with van der Waals surface area (Å²) in [5.74, 6) is -2.55. The number of carbonyl (C=O) groups excluding carboxylic acids is 2. The van der Waals surface area contributed by atoms with E-state index in [0.29, 0.717) is 18.4 Å². The Morgan fingerprint density at radius 3 is 2.53 bits per heavy atom. The SMILES string of the molecule is COC(=O)C1=COC(OC2OC(CO)C(OC(=O)C=Cc3ccc(O)cc3)C(O)C2O)C2C1CC[C@]2(C)O. The number of phenolic OH excluding ortho intramolecular Hbond substituents is 1. The predicted octanol–water partition coefficient (Wildman–Crippen LogP) is -0.0368. The number of aromatic hydroxyl groups is 1. The number of esters is 2. The average molecular weight is 537 g/mol. The molecule has 12 heteroatoms. The highest BCUT2D eigenvalue weighted by Crippen LogP contribution is 2.49. The quantitative estimate of drug-likeness (QED) is 0.232. The first-order valence-electron chi connectivity index (χ1n) is 12.2. The van der Waals surface area contributed by atoms with Gasteiger partial charge in [-0.1, -0.05) is 12.1 Å². The van der Waals surface area contributed by atoms with Gasteiger partial charge in [-0.15, -0.1) is 0 Å². The van der Waals surface area contributed by atoms with Crippen LogP contribution in [-0.4, -0.2) is 93.8 Å². The van der Waals surface area contributed by atoms with E-state index in [4.69, 9.17) is 23.7 Å². The smallest absolute Gasteiger partial charge is 0.337 e. The Balaban J connectivity index is 1.44. The maximum Gasteiger partial charge on any atom is 0.337 e. The number of methoxy groups -OCH3 is 1. The van der Waals surface area contributed by atoms with Crippen LogP contribution in [0.3, 0.4) is 0 Å². The third-order valence-corrected chi connectivity index (χ3v) is 7.20. The maximum absolute atomic E-state index is 12.4. The summed E-state index contributed by atoms with van der Waals surface area (Å²) in [7, 11) is 1.24. The molecule has 1 aliphatic carbocycles. The van der Waals surface area contributed by atoms with Crippen molar-refractivity contribution in [2.45, 2.75) is 62.4 Å². The Bertz CT molecular complexity index is 1060. The van der Waals surface area contributed by atoms with Crippen molar-refractivity contribution in [3.63, 3.8) is 0 Å². The number of rotatable bonds is 7. The molecule has 8 unspecified atom stereocenters. The summed E-state index contributed by atoms with van der Waals surface area (Å²) in [6.07, 6.45) is -4.23. The van der Waals surface area contributed by atoms with Crippen LogP contribution in [0.5, 0.6) is 5.75 Å². The van der Waals surface area contributed by atoms with Crippen LogP contribution < -0.4 is 0 Å². The van der Waals surface area contributed by atoms with Crippen molar-refractivity contribution in [2.75, 3.05) is 13.7 Å². The van der Waals surface area contributed by atoms with Crippen LogP contribution in [0.2, 0.25) is 0 Å². The topological polar surface area (TPSA) is 181 Å². The molecule has 0 amide bonds. The third kappa shape index (κ3) is 5.70. The molecule has 3 aliphatic rings. The lowest BCUT2D eigenvalue weighted by Gasteiger charge is -2.44. The molecule has 1 aromatic rings. The van der Waals surface area contributed by atoms with E-state index in [1.165, 1.54) is 31.6 Å². The summed E-state index contributed by atoms with van der Waals surface area (Å²) in [6.45, 7) is 0.910. The third-order valence-electron chi connectivity index (χ3n) is 7.20. The van der Waals surface area contributed by atoms with Crippen LogP contribution in [0.1, 0.15) is 25.3 Å². The lowest BCUT2D eigenvalue weighted by molar-refractivity contribution is -0.346. The van der Waals surface area contributed by atoms with Gasteiger partial charge in [0, 0.05) is 12.0 Å². The molecule has 2 aliphatic heterocycles. The van der Waals surface area contributed by atoms with Gasteiger partial charge in [-0.25, -0.2) is 9.59 Å². The maximum atomic E-state index is 12.4. The Morgan fingerprint density at radius 1 is 1.16 bits per heavy atom. The fourth-order valence-corrected chi connectivity index (χ4v) is 5.17. The van der Waals surface area contributed by atoms with Crippen LogP contribution >= 0.6 is 0 Å². The molecule has 12 nitrogen and oxygen atoms in total. The highest BCUT2D eigenvalue weighted by molar-refractivity contribution is 5.89. The van der Waals surface area contributed by atoms with Gasteiger partial charge in [-0.2, -0.15) is 0 Å². The van der Waals surface area contributed by atoms with Gasteiger partial charge in [0.05, 0.1) is 37.1 Å². The molecule has 1 aromatic carbocycles. The van der Waals surface area contributed by atoms with Crippen molar-refractivity contribution >= 4 is 18.0 Å². The zero-order chi connectivity index (χ0) is 27.6. The summed E-state index contributed by atoms with van der Waals surface area (Å²) < 4.78 is 27.1. The standard InChI is InChI=1S/C26H32O12/c1-26(33)10-9-15-16(23(32)34-2)12-35-24(19(15)26)38-25-21(31)20(30)22(17(11-27)36-25)37-18(29)8-5-13-3-6-14(28)7-4-13/h3-8,12,15,17,19-22,24-25,27-28,30-31,33H,9-11H2,1-2H3/t15?,17?,19?,20?,21?,22?,24?,25?,26-/m0/s1. The number of phenols is 1. The molecule has 0 spiro atoms. The summed E-state index contributed by atoms with van der Waals surface area (Å²) in [6, 6.07) is 6.03. The molecule has 0 radical (unpaired) electrons. The molecular weight excluding hydrogens is 504 g/mol. The second-order valence-corrected chi connectivity index (χ2v) is 9.77. The minimum absolute atomic E-state index is 0.0642. The number of ether oxygens (including phenoxy) is 5. The van der Waals surface area contributed by atoms with Crippen LogP contribution in [-0.2, 0) is 33.3 Å². The summed E-state index contributed by atoms with van der Waals surface area (Å²) in [4.78, 5) is 24.5. The number of hydrogen-bond acceptors (Lipinski definition) is 12. The second kappa shape index (κ2) is 11.4. The molecule has 1 saturated heterocycles. The molecule has 38 heavy (non-hydrogen) atoms. The molecule has 5 N–H and O–H groups in total. The Kier molecular flexibility index (Phi) is 8.40. The Hall–Kier alpha value is -3.00. The molecule has 4 rings (SSSR count). The second-order valence-electron chi connectivity index (χ2n) is 9.77. The van der Waals surface area contributed by atoms with Crippen molar-refractivity contribution in [1.29, 1.82) is 0 Å². The first-order chi connectivity index (χ1) is 18.1. The van der Waals surface area contributed by atoms with Crippen molar-refractivity contribution < 1.29 is 58.8 Å². The van der Waals surface area contributed by atoms with Crippen LogP contribution in [0.15, 0.2) is 42.2 Å². The molecule has 2 fully saturated rings. The number of benzene rings is 1. The highest BCUT2D eigenvalue weighted by Gasteiger charge is 2.56. The molecular formula is C26H32O12. The molecule has 0 aromatic heterocycles. The number of carbonyl (C=O) groups is 2. The van der Waals surface area contributed by atoms with E-state index in [1.807, 2.05) is 0 Å². The molecule has 208 valence electrons. The van der Waals surface area contributed by atoms with Gasteiger partial charge in [0.25, 0.3) is 0 Å². The van der Waals surface area contributed by atoms with E-state index < -0.39 is 73.0 Å². The first kappa shape index (κ1) is 28.0. The monoisotopic (exact) mass is 536 g/mol. The normalized spacial score (nSPS) is 36.7. The van der Waals surface area contributed by atoms with Gasteiger partial charge >= 0.3 is 11.9 Å². The summed E-state index contributed by atoms with van der Waals surface area (Å²) in [5.41, 5.74) is -0.425. The van der Waals surface area contributed by atoms with Crippen molar-refractivity contribution in [2.24, 2.45) is 11.8 Å². The van der Waals surface area contributed by atoms with Crippen molar-refractivity contribution in [1.82, 2.24) is 0 Å². The Labute approximate surface area is 218 Å². The van der Waals surface area contributed by atoms with E-state index in [2.05, 4.69) is 0 Å². The Morgan fingerprint density at radius 2 is 1.87 bits per heavy atom. The predicted molar refractivity (Wildman–Crippen MR) is 128 cm³/mol. The number of fused-ring (bicyclic) bond motifs is 1.